The van der Waals surface area contributed by atoms with E-state index < -0.39 is 18.0 Å². The Kier molecular flexibility index (Phi) is 5.69. The fraction of sp³-hybridized carbons (Fsp3) is 0.300. The Morgan fingerprint density at radius 3 is 2.43 bits per heavy atom. The number of halogens is 1. The second kappa shape index (κ2) is 8.41. The smallest absolute Gasteiger partial charge is 0.325 e. The fourth-order valence-corrected chi connectivity index (χ4v) is 4.26. The van der Waals surface area contributed by atoms with E-state index in [2.05, 4.69) is 25.9 Å². The van der Waals surface area contributed by atoms with Crippen LogP contribution in [0, 0.1) is 0 Å². The lowest BCUT2D eigenvalue weighted by molar-refractivity contribution is -0.143. The Hall–Kier alpha value is -2.98. The number of fused-ring (bicyclic) bond motifs is 1. The minimum atomic E-state index is -0.984. The van der Waals surface area contributed by atoms with E-state index in [-0.39, 0.29) is 6.54 Å². The standard InChI is InChI=1S/C20H20BrN5O4/c21-13-2-3-14-15(11-26(12-17(27)28)16(14)10-13)18(19(29)30)24-6-8-25(9-7-24)20-22-4-1-5-23-20/h1-5,10-11,18H,6-9,12H2,(H,27,28)(H,29,30). The van der Waals surface area contributed by atoms with Crippen molar-refractivity contribution in [2.75, 3.05) is 31.1 Å². The van der Waals surface area contributed by atoms with Crippen LogP contribution in [0.4, 0.5) is 5.95 Å². The highest BCUT2D eigenvalue weighted by Gasteiger charge is 2.33. The Morgan fingerprint density at radius 2 is 1.80 bits per heavy atom. The van der Waals surface area contributed by atoms with Crippen molar-refractivity contribution < 1.29 is 19.8 Å². The lowest BCUT2D eigenvalue weighted by Crippen LogP contribution is -2.49. The van der Waals surface area contributed by atoms with Gasteiger partial charge in [-0.15, -0.1) is 0 Å². The molecule has 0 saturated carbocycles. The Balaban J connectivity index is 1.65. The number of rotatable bonds is 6. The lowest BCUT2D eigenvalue weighted by atomic mass is 10.0. The van der Waals surface area contributed by atoms with E-state index in [4.69, 9.17) is 0 Å². The molecule has 2 N–H and O–H groups in total. The maximum Gasteiger partial charge on any atom is 0.325 e. The zero-order valence-electron chi connectivity index (χ0n) is 16.0. The lowest BCUT2D eigenvalue weighted by Gasteiger charge is -2.37. The predicted molar refractivity (Wildman–Crippen MR) is 113 cm³/mol. The van der Waals surface area contributed by atoms with Gasteiger partial charge in [-0.2, -0.15) is 0 Å². The summed E-state index contributed by atoms with van der Waals surface area (Å²) in [6.45, 7) is 2.02. The van der Waals surface area contributed by atoms with Gasteiger partial charge in [0.15, 0.2) is 0 Å². The third-order valence-corrected chi connectivity index (χ3v) is 5.72. The van der Waals surface area contributed by atoms with Crippen LogP contribution in [0.2, 0.25) is 0 Å². The molecule has 0 amide bonds. The second-order valence-electron chi connectivity index (χ2n) is 7.08. The first-order valence-electron chi connectivity index (χ1n) is 9.43. The largest absolute Gasteiger partial charge is 0.480 e. The molecule has 0 radical (unpaired) electrons. The van der Waals surface area contributed by atoms with Gasteiger partial charge in [0.05, 0.1) is 5.52 Å². The van der Waals surface area contributed by atoms with Crippen molar-refractivity contribution in [3.05, 3.63) is 52.9 Å². The van der Waals surface area contributed by atoms with E-state index in [0.29, 0.717) is 43.2 Å². The molecule has 1 aliphatic rings. The Bertz CT molecular complexity index is 1080. The number of aromatic nitrogens is 3. The summed E-state index contributed by atoms with van der Waals surface area (Å²) in [5, 5.41) is 20.1. The zero-order chi connectivity index (χ0) is 21.3. The quantitative estimate of drug-likeness (QED) is 0.560. The zero-order valence-corrected chi connectivity index (χ0v) is 17.6. The van der Waals surface area contributed by atoms with Crippen LogP contribution in [0.3, 0.4) is 0 Å². The first kappa shape index (κ1) is 20.3. The van der Waals surface area contributed by atoms with Crippen LogP contribution in [0.1, 0.15) is 11.6 Å². The van der Waals surface area contributed by atoms with Gasteiger partial charge in [0, 0.05) is 60.2 Å². The van der Waals surface area contributed by atoms with Gasteiger partial charge in [0.25, 0.3) is 0 Å². The third-order valence-electron chi connectivity index (χ3n) is 5.22. The van der Waals surface area contributed by atoms with Crippen molar-refractivity contribution in [3.8, 4) is 0 Å². The van der Waals surface area contributed by atoms with Crippen molar-refractivity contribution in [2.45, 2.75) is 12.6 Å². The summed E-state index contributed by atoms with van der Waals surface area (Å²) in [4.78, 5) is 36.0. The van der Waals surface area contributed by atoms with E-state index in [0.717, 1.165) is 9.86 Å². The molecule has 1 atom stereocenters. The van der Waals surface area contributed by atoms with Gasteiger partial charge >= 0.3 is 11.9 Å². The summed E-state index contributed by atoms with van der Waals surface area (Å²) >= 11 is 3.41. The number of hydrogen-bond donors (Lipinski definition) is 2. The molecule has 156 valence electrons. The number of anilines is 1. The number of benzene rings is 1. The number of hydrogen-bond acceptors (Lipinski definition) is 6. The third kappa shape index (κ3) is 4.01. The molecule has 10 heteroatoms. The van der Waals surface area contributed by atoms with Crippen LogP contribution < -0.4 is 4.90 Å². The van der Waals surface area contributed by atoms with Crippen molar-refractivity contribution in [1.29, 1.82) is 0 Å². The first-order chi connectivity index (χ1) is 14.4. The van der Waals surface area contributed by atoms with Gasteiger partial charge in [-0.25, -0.2) is 9.97 Å². The minimum absolute atomic E-state index is 0.238. The Morgan fingerprint density at radius 1 is 1.10 bits per heavy atom. The number of carboxylic acid groups (broad SMARTS) is 2. The van der Waals surface area contributed by atoms with Crippen molar-refractivity contribution in [2.24, 2.45) is 0 Å². The highest BCUT2D eigenvalue weighted by Crippen LogP contribution is 2.33. The molecule has 0 aliphatic carbocycles. The molecule has 3 heterocycles. The van der Waals surface area contributed by atoms with Crippen LogP contribution in [-0.2, 0) is 16.1 Å². The summed E-state index contributed by atoms with van der Waals surface area (Å²) < 4.78 is 2.39. The number of aliphatic carboxylic acids is 2. The van der Waals surface area contributed by atoms with E-state index in [1.54, 1.807) is 29.2 Å². The van der Waals surface area contributed by atoms with Crippen LogP contribution in [0.15, 0.2) is 47.3 Å². The molecular weight excluding hydrogens is 454 g/mol. The van der Waals surface area contributed by atoms with Gasteiger partial charge < -0.3 is 19.7 Å². The molecule has 1 aromatic carbocycles. The maximum absolute atomic E-state index is 12.3. The van der Waals surface area contributed by atoms with Gasteiger partial charge in [0.1, 0.15) is 12.6 Å². The van der Waals surface area contributed by atoms with E-state index in [1.807, 2.05) is 28.0 Å². The SMILES string of the molecule is O=C(O)Cn1cc(C(C(=O)O)N2CCN(c3ncccn3)CC2)c2ccc(Br)cc21. The molecular formula is C20H20BrN5O4. The summed E-state index contributed by atoms with van der Waals surface area (Å²) in [7, 11) is 0. The average molecular weight is 474 g/mol. The normalized spacial score (nSPS) is 16.0. The fourth-order valence-electron chi connectivity index (χ4n) is 3.91. The molecule has 4 rings (SSSR count). The maximum atomic E-state index is 12.3. The van der Waals surface area contributed by atoms with Gasteiger partial charge in [-0.3, -0.25) is 14.5 Å². The van der Waals surface area contributed by atoms with Crippen molar-refractivity contribution in [3.63, 3.8) is 0 Å². The van der Waals surface area contributed by atoms with Gasteiger partial charge in [-0.05, 0) is 18.2 Å². The van der Waals surface area contributed by atoms with E-state index >= 15 is 0 Å². The monoisotopic (exact) mass is 473 g/mol. The highest BCUT2D eigenvalue weighted by molar-refractivity contribution is 9.10. The van der Waals surface area contributed by atoms with Crippen LogP contribution in [0.5, 0.6) is 0 Å². The molecule has 3 aromatic rings. The van der Waals surface area contributed by atoms with Crippen molar-refractivity contribution >= 4 is 44.7 Å². The topological polar surface area (TPSA) is 112 Å². The van der Waals surface area contributed by atoms with Crippen LogP contribution >= 0.6 is 15.9 Å². The molecule has 30 heavy (non-hydrogen) atoms. The summed E-state index contributed by atoms with van der Waals surface area (Å²) in [6, 6.07) is 6.36. The number of piperazine rings is 1. The van der Waals surface area contributed by atoms with E-state index in [1.165, 1.54) is 0 Å². The van der Waals surface area contributed by atoms with Gasteiger partial charge in [-0.1, -0.05) is 22.0 Å². The molecule has 9 nitrogen and oxygen atoms in total. The molecule has 1 saturated heterocycles. The number of carbonyl (C=O) groups is 2. The van der Waals surface area contributed by atoms with Crippen LogP contribution in [-0.4, -0.2) is 67.8 Å². The number of nitrogens with zero attached hydrogens (tertiary/aromatic N) is 5. The summed E-state index contributed by atoms with van der Waals surface area (Å²) in [5.74, 6) is -1.31. The van der Waals surface area contributed by atoms with Crippen LogP contribution in [0.25, 0.3) is 10.9 Å². The second-order valence-corrected chi connectivity index (χ2v) is 8.00. The Labute approximate surface area is 180 Å². The molecule has 1 unspecified atom stereocenters. The average Bonchev–Trinajstić information content (AvgIpc) is 3.05. The number of carboxylic acids is 2. The predicted octanol–water partition coefficient (Wildman–Crippen LogP) is 2.23. The van der Waals surface area contributed by atoms with Gasteiger partial charge in [0.2, 0.25) is 5.95 Å². The van der Waals surface area contributed by atoms with Crippen molar-refractivity contribution in [1.82, 2.24) is 19.4 Å². The first-order valence-corrected chi connectivity index (χ1v) is 10.2. The molecule has 1 fully saturated rings. The minimum Gasteiger partial charge on any atom is -0.480 e. The summed E-state index contributed by atoms with van der Waals surface area (Å²) in [6.07, 6.45) is 5.02. The molecule has 2 aromatic heterocycles. The molecule has 1 aliphatic heterocycles. The summed E-state index contributed by atoms with van der Waals surface area (Å²) in [5.41, 5.74) is 1.28. The molecule has 0 bridgehead atoms. The molecule has 0 spiro atoms. The van der Waals surface area contributed by atoms with E-state index in [9.17, 15) is 19.8 Å². The highest BCUT2D eigenvalue weighted by atomic mass is 79.9.